The SMILES string of the molecule is CCCC1=Cc2c(-c3ccc(-c4ccccc4)cc3)cccc2C1c1c(C(C)(C)C)ccc2c1[CH]([Zr][SiH](C)C)c1cc(C(C)(C)C)ccc1-2. The predicted molar refractivity (Wildman–Crippen MR) is 212 cm³/mol. The van der Waals surface area contributed by atoms with E-state index in [2.05, 4.69) is 171 Å². The molecule has 0 spiro atoms. The third-order valence-corrected chi connectivity index (χ3v) is 20.5. The van der Waals surface area contributed by atoms with E-state index in [-0.39, 0.29) is 10.8 Å². The van der Waals surface area contributed by atoms with Crippen molar-refractivity contribution in [1.82, 2.24) is 0 Å². The molecule has 0 saturated carbocycles. The third-order valence-electron chi connectivity index (χ3n) is 10.7. The number of allylic oxidation sites excluding steroid dienone is 1. The molecule has 5 aromatic carbocycles. The normalized spacial score (nSPS) is 16.7. The molecule has 49 heavy (non-hydrogen) atoms. The number of fused-ring (bicyclic) bond motifs is 4. The van der Waals surface area contributed by atoms with Crippen molar-refractivity contribution < 1.29 is 22.4 Å². The first-order valence-electron chi connectivity index (χ1n) is 18.4. The van der Waals surface area contributed by atoms with Crippen molar-refractivity contribution in [2.45, 2.75) is 94.8 Å². The van der Waals surface area contributed by atoms with E-state index >= 15 is 0 Å². The van der Waals surface area contributed by atoms with E-state index in [4.69, 9.17) is 0 Å². The summed E-state index contributed by atoms with van der Waals surface area (Å²) in [6, 6.07) is 39.7. The van der Waals surface area contributed by atoms with Crippen LogP contribution >= 0.6 is 0 Å². The first-order chi connectivity index (χ1) is 23.4. The van der Waals surface area contributed by atoms with Crippen LogP contribution in [-0.4, -0.2) is 5.92 Å². The van der Waals surface area contributed by atoms with Crippen LogP contribution in [0.4, 0.5) is 0 Å². The summed E-state index contributed by atoms with van der Waals surface area (Å²) >= 11 is -0.687. The zero-order chi connectivity index (χ0) is 34.7. The van der Waals surface area contributed by atoms with Gasteiger partial charge in [0.05, 0.1) is 0 Å². The Morgan fingerprint density at radius 2 is 1.29 bits per heavy atom. The average Bonchev–Trinajstić information content (AvgIpc) is 3.59. The van der Waals surface area contributed by atoms with Crippen LogP contribution in [-0.2, 0) is 33.2 Å². The topological polar surface area (TPSA) is 0 Å². The van der Waals surface area contributed by atoms with Gasteiger partial charge in [0.1, 0.15) is 0 Å². The van der Waals surface area contributed by atoms with Gasteiger partial charge in [0.15, 0.2) is 0 Å². The Morgan fingerprint density at radius 3 is 1.94 bits per heavy atom. The maximum absolute atomic E-state index is 2.63. The van der Waals surface area contributed by atoms with Crippen LogP contribution in [0.5, 0.6) is 0 Å². The summed E-state index contributed by atoms with van der Waals surface area (Å²) < 4.78 is 0.625. The van der Waals surface area contributed by atoms with Gasteiger partial charge in [-0.15, -0.1) is 0 Å². The molecular weight excluding hydrogens is 684 g/mol. The Balaban J connectivity index is 1.44. The molecule has 2 atom stereocenters. The molecule has 0 heterocycles. The van der Waals surface area contributed by atoms with Gasteiger partial charge < -0.3 is 0 Å². The van der Waals surface area contributed by atoms with Gasteiger partial charge in [-0.25, -0.2) is 0 Å². The average molecular weight is 736 g/mol. The maximum atomic E-state index is 2.63. The molecule has 7 rings (SSSR count). The summed E-state index contributed by atoms with van der Waals surface area (Å²) in [4.78, 5) is 0. The van der Waals surface area contributed by atoms with Crippen LogP contribution in [0.1, 0.15) is 110 Å². The van der Waals surface area contributed by atoms with Crippen LogP contribution in [0.15, 0.2) is 109 Å². The fourth-order valence-corrected chi connectivity index (χ4v) is 18.2. The summed E-state index contributed by atoms with van der Waals surface area (Å²) in [6.45, 7) is 22.0. The molecule has 0 amide bonds. The van der Waals surface area contributed by atoms with Crippen molar-refractivity contribution in [2.75, 3.05) is 0 Å². The quantitative estimate of drug-likeness (QED) is 0.146. The number of rotatable bonds is 7. The summed E-state index contributed by atoms with van der Waals surface area (Å²) in [5.41, 5.74) is 21.0. The molecule has 0 aliphatic heterocycles. The number of benzene rings is 5. The summed E-state index contributed by atoms with van der Waals surface area (Å²) in [5, 5.41) is 0. The van der Waals surface area contributed by atoms with Crippen LogP contribution in [0.25, 0.3) is 39.5 Å². The van der Waals surface area contributed by atoms with Gasteiger partial charge in [-0.3, -0.25) is 0 Å². The molecule has 0 aromatic heterocycles. The first-order valence-corrected chi connectivity index (χ1v) is 27.0. The van der Waals surface area contributed by atoms with E-state index < -0.39 is 28.3 Å². The molecule has 0 nitrogen and oxygen atoms in total. The van der Waals surface area contributed by atoms with Crippen molar-refractivity contribution in [2.24, 2.45) is 0 Å². The van der Waals surface area contributed by atoms with E-state index in [1.807, 2.05) is 0 Å². The number of hydrogen-bond acceptors (Lipinski definition) is 0. The van der Waals surface area contributed by atoms with Crippen LogP contribution in [0.3, 0.4) is 0 Å². The second-order valence-corrected chi connectivity index (χ2v) is 31.7. The van der Waals surface area contributed by atoms with Gasteiger partial charge in [-0.2, -0.15) is 0 Å². The van der Waals surface area contributed by atoms with Gasteiger partial charge in [0.25, 0.3) is 0 Å². The fraction of sp³-hybridized carbons (Fsp3) is 0.319. The molecule has 0 N–H and O–H groups in total. The van der Waals surface area contributed by atoms with E-state index in [1.54, 1.807) is 27.8 Å². The Kier molecular flexibility index (Phi) is 9.30. The van der Waals surface area contributed by atoms with Crippen LogP contribution < -0.4 is 0 Å². The standard InChI is InChI=1S/C45H45.C2H7Si.Zr/c1-8-13-32-27-39-35(31-20-18-30(19-21-31)29-14-10-9-11-15-29)16-12-17-38(39)42(32)43-40-28-33-26-34(44(2,3)4)22-23-36(33)37(40)24-25-41(43)45(5,6)7;1-3-2;/h9-12,14-28,42H,8,13H2,1-7H3;3H,1-2H3;. The van der Waals surface area contributed by atoms with Gasteiger partial charge in [0, 0.05) is 0 Å². The molecule has 2 unspecified atom stereocenters. The van der Waals surface area contributed by atoms with E-state index in [0.717, 1.165) is 12.8 Å². The molecular formula is C47H52SiZr. The Bertz CT molecular complexity index is 2030. The first kappa shape index (κ1) is 34.4. The third kappa shape index (κ3) is 6.38. The van der Waals surface area contributed by atoms with Crippen LogP contribution in [0.2, 0.25) is 13.1 Å². The summed E-state index contributed by atoms with van der Waals surface area (Å²) in [6.07, 6.45) is 4.89. The Hall–Kier alpha value is -3.06. The van der Waals surface area contributed by atoms with E-state index in [0.29, 0.717) is 9.54 Å². The van der Waals surface area contributed by atoms with Crippen molar-refractivity contribution in [3.8, 4) is 33.4 Å². The van der Waals surface area contributed by atoms with E-state index in [1.165, 1.54) is 50.1 Å². The van der Waals surface area contributed by atoms with Crippen molar-refractivity contribution in [1.29, 1.82) is 0 Å². The minimum atomic E-state index is -0.728. The molecule has 2 aliphatic rings. The molecule has 0 saturated heterocycles. The van der Waals surface area contributed by atoms with Gasteiger partial charge in [-0.1, -0.05) is 30.3 Å². The van der Waals surface area contributed by atoms with Crippen molar-refractivity contribution in [3.63, 3.8) is 0 Å². The zero-order valence-corrected chi connectivity index (χ0v) is 34.7. The molecule has 0 fully saturated rings. The van der Waals surface area contributed by atoms with E-state index in [9.17, 15) is 0 Å². The van der Waals surface area contributed by atoms with Crippen LogP contribution in [0, 0.1) is 0 Å². The number of hydrogen-bond donors (Lipinski definition) is 0. The minimum absolute atomic E-state index is 0.0471. The summed E-state index contributed by atoms with van der Waals surface area (Å²) in [7, 11) is 0. The molecule has 0 bridgehead atoms. The molecule has 0 radical (unpaired) electrons. The van der Waals surface area contributed by atoms with Gasteiger partial charge >= 0.3 is 280 Å². The second kappa shape index (κ2) is 13.2. The monoisotopic (exact) mass is 734 g/mol. The summed E-state index contributed by atoms with van der Waals surface area (Å²) in [5.74, 6) is -0.428. The van der Waals surface area contributed by atoms with Gasteiger partial charge in [0.2, 0.25) is 0 Å². The molecule has 5 aromatic rings. The van der Waals surface area contributed by atoms with Crippen molar-refractivity contribution in [3.05, 3.63) is 148 Å². The molecule has 248 valence electrons. The Labute approximate surface area is 308 Å². The predicted octanol–water partition coefficient (Wildman–Crippen LogP) is 13.1. The van der Waals surface area contributed by atoms with Crippen molar-refractivity contribution >= 4 is 12.0 Å². The Morgan fingerprint density at radius 1 is 0.612 bits per heavy atom. The van der Waals surface area contributed by atoms with Gasteiger partial charge in [-0.05, 0) is 0 Å². The molecule has 2 aliphatic carbocycles. The second-order valence-electron chi connectivity index (χ2n) is 16.7. The zero-order valence-electron chi connectivity index (χ0n) is 31.0. The fourth-order valence-electron chi connectivity index (χ4n) is 8.36. The molecule has 2 heteroatoms.